The van der Waals surface area contributed by atoms with Crippen molar-refractivity contribution >= 4 is 11.8 Å². The third-order valence-electron chi connectivity index (χ3n) is 5.62. The van der Waals surface area contributed by atoms with Crippen molar-refractivity contribution in [3.63, 3.8) is 0 Å². The average molecular weight is 390 g/mol. The maximum absolute atomic E-state index is 13.1. The van der Waals surface area contributed by atoms with E-state index in [9.17, 15) is 14.7 Å². The molecule has 0 spiro atoms. The summed E-state index contributed by atoms with van der Waals surface area (Å²) >= 11 is 0. The maximum Gasteiger partial charge on any atom is 0.257 e. The summed E-state index contributed by atoms with van der Waals surface area (Å²) in [5, 5.41) is 13.2. The average Bonchev–Trinajstić information content (AvgIpc) is 3.07. The van der Waals surface area contributed by atoms with Crippen LogP contribution in [0.2, 0.25) is 0 Å². The summed E-state index contributed by atoms with van der Waals surface area (Å²) in [4.78, 5) is 26.3. The molecule has 4 atom stereocenters. The van der Waals surface area contributed by atoms with Gasteiger partial charge in [-0.15, -0.1) is 0 Å². The third kappa shape index (κ3) is 4.83. The van der Waals surface area contributed by atoms with Crippen LogP contribution in [0.4, 0.5) is 0 Å². The topological polar surface area (TPSA) is 88.1 Å². The summed E-state index contributed by atoms with van der Waals surface area (Å²) in [6.45, 7) is 6.17. The van der Waals surface area contributed by atoms with Gasteiger partial charge < -0.3 is 24.8 Å². The van der Waals surface area contributed by atoms with Crippen LogP contribution in [0.3, 0.4) is 0 Å². The highest BCUT2D eigenvalue weighted by Crippen LogP contribution is 2.37. The van der Waals surface area contributed by atoms with Gasteiger partial charge in [0, 0.05) is 26.6 Å². The Balaban J connectivity index is 1.64. The van der Waals surface area contributed by atoms with E-state index >= 15 is 0 Å². The number of rotatable bonds is 7. The van der Waals surface area contributed by atoms with Gasteiger partial charge in [0.15, 0.2) is 0 Å². The number of benzene rings is 1. The van der Waals surface area contributed by atoms with Crippen LogP contribution in [0.5, 0.6) is 5.75 Å². The first-order chi connectivity index (χ1) is 13.5. The van der Waals surface area contributed by atoms with E-state index in [0.29, 0.717) is 57.1 Å². The lowest BCUT2D eigenvalue weighted by molar-refractivity contribution is -0.121. The summed E-state index contributed by atoms with van der Waals surface area (Å²) in [6.07, 6.45) is 0.738. The van der Waals surface area contributed by atoms with Crippen molar-refractivity contribution in [2.75, 3.05) is 32.9 Å². The molecular formula is C21H30N2O5. The summed E-state index contributed by atoms with van der Waals surface area (Å²) in [6, 6.07) is 7.05. The van der Waals surface area contributed by atoms with E-state index in [1.165, 1.54) is 6.92 Å². The summed E-state index contributed by atoms with van der Waals surface area (Å²) in [7, 11) is 0. The predicted octanol–water partition coefficient (Wildman–Crippen LogP) is 1.45. The zero-order valence-corrected chi connectivity index (χ0v) is 16.6. The van der Waals surface area contributed by atoms with Crippen molar-refractivity contribution in [2.24, 2.45) is 11.8 Å². The first-order valence-corrected chi connectivity index (χ1v) is 10.0. The molecule has 3 rings (SSSR count). The molecule has 0 aromatic heterocycles. The fraction of sp³-hybridized carbons (Fsp3) is 0.619. The van der Waals surface area contributed by atoms with Crippen LogP contribution in [-0.2, 0) is 9.53 Å². The van der Waals surface area contributed by atoms with E-state index in [4.69, 9.17) is 9.47 Å². The second-order valence-corrected chi connectivity index (χ2v) is 7.62. The van der Waals surface area contributed by atoms with Crippen molar-refractivity contribution in [2.45, 2.75) is 38.8 Å². The molecule has 154 valence electrons. The minimum atomic E-state index is -0.561. The van der Waals surface area contributed by atoms with Gasteiger partial charge in [0.25, 0.3) is 5.91 Å². The number of nitrogens with one attached hydrogen (secondary N) is 1. The third-order valence-corrected chi connectivity index (χ3v) is 5.62. The minimum absolute atomic E-state index is 0.0491. The molecule has 1 saturated heterocycles. The molecule has 1 heterocycles. The standard InChI is InChI=1S/C21H30N2O5/c1-3-27-8-9-28-20-7-5-4-6-17(20)21(26)23-12-15-10-18(22-14(2)24)19(25)11-16(15)13-23/h4-7,15-16,18-19,25H,3,8-13H2,1-2H3,(H,22,24)/t15-,16+,18-,19-/m1/s1. The Morgan fingerprint density at radius 2 is 1.89 bits per heavy atom. The molecule has 0 radical (unpaired) electrons. The molecule has 2 N–H and O–H groups in total. The van der Waals surface area contributed by atoms with Crippen LogP contribution in [0, 0.1) is 11.8 Å². The zero-order chi connectivity index (χ0) is 20.1. The van der Waals surface area contributed by atoms with E-state index in [1.807, 2.05) is 24.0 Å². The molecule has 0 bridgehead atoms. The molecule has 1 saturated carbocycles. The monoisotopic (exact) mass is 390 g/mol. The number of aliphatic hydroxyl groups is 1. The lowest BCUT2D eigenvalue weighted by Gasteiger charge is -2.35. The molecule has 1 aliphatic carbocycles. The molecule has 1 aromatic rings. The number of carbonyl (C=O) groups is 2. The second-order valence-electron chi connectivity index (χ2n) is 7.62. The van der Waals surface area contributed by atoms with Crippen LogP contribution < -0.4 is 10.1 Å². The van der Waals surface area contributed by atoms with Crippen LogP contribution >= 0.6 is 0 Å². The zero-order valence-electron chi connectivity index (χ0n) is 16.6. The normalized spacial score (nSPS) is 26.6. The number of hydrogen-bond acceptors (Lipinski definition) is 5. The Bertz CT molecular complexity index is 695. The fourth-order valence-electron chi connectivity index (χ4n) is 4.31. The van der Waals surface area contributed by atoms with Gasteiger partial charge >= 0.3 is 0 Å². The highest BCUT2D eigenvalue weighted by atomic mass is 16.5. The van der Waals surface area contributed by atoms with Crippen molar-refractivity contribution in [3.05, 3.63) is 29.8 Å². The van der Waals surface area contributed by atoms with Gasteiger partial charge in [0.2, 0.25) is 5.91 Å². The molecular weight excluding hydrogens is 360 g/mol. The van der Waals surface area contributed by atoms with E-state index in [0.717, 1.165) is 0 Å². The van der Waals surface area contributed by atoms with Gasteiger partial charge in [-0.2, -0.15) is 0 Å². The van der Waals surface area contributed by atoms with Crippen LogP contribution in [0.1, 0.15) is 37.0 Å². The summed E-state index contributed by atoms with van der Waals surface area (Å²) < 4.78 is 11.0. The van der Waals surface area contributed by atoms with Crippen LogP contribution in [0.15, 0.2) is 24.3 Å². The van der Waals surface area contributed by atoms with Crippen molar-refractivity contribution in [3.8, 4) is 5.75 Å². The summed E-state index contributed by atoms with van der Waals surface area (Å²) in [5.74, 6) is 0.932. The Kier molecular flexibility index (Phi) is 6.91. The van der Waals surface area contributed by atoms with Crippen molar-refractivity contribution < 1.29 is 24.2 Å². The summed E-state index contributed by atoms with van der Waals surface area (Å²) in [5.41, 5.74) is 0.552. The number of aliphatic hydroxyl groups excluding tert-OH is 1. The number of nitrogens with zero attached hydrogens (tertiary/aromatic N) is 1. The van der Waals surface area contributed by atoms with E-state index in [2.05, 4.69) is 5.32 Å². The lowest BCUT2D eigenvalue weighted by Crippen LogP contribution is -2.48. The Morgan fingerprint density at radius 1 is 1.18 bits per heavy atom. The Labute approximate surface area is 166 Å². The number of carbonyl (C=O) groups excluding carboxylic acids is 2. The molecule has 1 aromatic carbocycles. The van der Waals surface area contributed by atoms with E-state index < -0.39 is 6.10 Å². The van der Waals surface area contributed by atoms with E-state index in [-0.39, 0.29) is 29.7 Å². The molecule has 1 aliphatic heterocycles. The molecule has 7 heteroatoms. The molecule has 28 heavy (non-hydrogen) atoms. The quantitative estimate of drug-likeness (QED) is 0.688. The van der Waals surface area contributed by atoms with Gasteiger partial charge in [-0.3, -0.25) is 9.59 Å². The maximum atomic E-state index is 13.1. The minimum Gasteiger partial charge on any atom is -0.490 e. The van der Waals surface area contributed by atoms with Gasteiger partial charge in [-0.1, -0.05) is 12.1 Å². The van der Waals surface area contributed by atoms with E-state index in [1.54, 1.807) is 12.1 Å². The van der Waals surface area contributed by atoms with Crippen LogP contribution in [-0.4, -0.2) is 66.9 Å². The number of ether oxygens (including phenoxy) is 2. The molecule has 0 unspecified atom stereocenters. The predicted molar refractivity (Wildman–Crippen MR) is 104 cm³/mol. The van der Waals surface area contributed by atoms with Gasteiger partial charge in [-0.25, -0.2) is 0 Å². The fourth-order valence-corrected chi connectivity index (χ4v) is 4.31. The van der Waals surface area contributed by atoms with Gasteiger partial charge in [0.05, 0.1) is 24.3 Å². The number of likely N-dealkylation sites (tertiary alicyclic amines) is 1. The highest BCUT2D eigenvalue weighted by molar-refractivity contribution is 5.97. The molecule has 7 nitrogen and oxygen atoms in total. The Morgan fingerprint density at radius 3 is 2.61 bits per heavy atom. The molecule has 2 aliphatic rings. The number of hydrogen-bond donors (Lipinski definition) is 2. The van der Waals surface area contributed by atoms with Gasteiger partial charge in [-0.05, 0) is 43.7 Å². The van der Waals surface area contributed by atoms with Crippen molar-refractivity contribution in [1.29, 1.82) is 0 Å². The smallest absolute Gasteiger partial charge is 0.257 e. The number of amides is 2. The number of fused-ring (bicyclic) bond motifs is 1. The highest BCUT2D eigenvalue weighted by Gasteiger charge is 2.43. The Hall–Kier alpha value is -2.12. The molecule has 2 fully saturated rings. The first kappa shape index (κ1) is 20.6. The van der Waals surface area contributed by atoms with Gasteiger partial charge in [0.1, 0.15) is 12.4 Å². The lowest BCUT2D eigenvalue weighted by atomic mass is 9.77. The first-order valence-electron chi connectivity index (χ1n) is 10.0. The molecule has 2 amide bonds. The van der Waals surface area contributed by atoms with Crippen LogP contribution in [0.25, 0.3) is 0 Å². The number of para-hydroxylation sites is 1. The SMILES string of the molecule is CCOCCOc1ccccc1C(=O)N1C[C@H]2C[C@@H](NC(C)=O)[C@H](O)C[C@H]2C1. The largest absolute Gasteiger partial charge is 0.490 e. The second kappa shape index (κ2) is 9.39. The van der Waals surface area contributed by atoms with Crippen molar-refractivity contribution in [1.82, 2.24) is 10.2 Å².